The lowest BCUT2D eigenvalue weighted by Crippen LogP contribution is -2.38. The van der Waals surface area contributed by atoms with Crippen molar-refractivity contribution in [2.24, 2.45) is 0 Å². The molecule has 9 heteroatoms. The summed E-state index contributed by atoms with van der Waals surface area (Å²) < 4.78 is 27.6. The SMILES string of the molecule is Cc1ccc(S(=O)(=O)N(CC(=O)Nc2ccc(Cl)c(Cl)c2)c2ccc(Cl)cc2)cc1. The van der Waals surface area contributed by atoms with Gasteiger partial charge in [0.05, 0.1) is 20.6 Å². The maximum absolute atomic E-state index is 13.3. The van der Waals surface area contributed by atoms with Crippen LogP contribution in [0.25, 0.3) is 0 Å². The summed E-state index contributed by atoms with van der Waals surface area (Å²) in [7, 11) is -4.00. The summed E-state index contributed by atoms with van der Waals surface area (Å²) in [6.07, 6.45) is 0. The summed E-state index contributed by atoms with van der Waals surface area (Å²) in [6, 6.07) is 17.2. The first-order valence-corrected chi connectivity index (χ1v) is 11.3. The lowest BCUT2D eigenvalue weighted by atomic mass is 10.2. The molecule has 5 nitrogen and oxygen atoms in total. The molecule has 1 N–H and O–H groups in total. The zero-order valence-electron chi connectivity index (χ0n) is 15.8. The van der Waals surface area contributed by atoms with Gasteiger partial charge in [0.15, 0.2) is 0 Å². The van der Waals surface area contributed by atoms with Crippen molar-refractivity contribution in [1.29, 1.82) is 0 Å². The van der Waals surface area contributed by atoms with E-state index < -0.39 is 22.5 Å². The van der Waals surface area contributed by atoms with Crippen molar-refractivity contribution in [3.63, 3.8) is 0 Å². The molecule has 3 aromatic rings. The molecule has 0 heterocycles. The molecule has 0 bridgehead atoms. The first-order valence-electron chi connectivity index (χ1n) is 8.77. The third-order valence-electron chi connectivity index (χ3n) is 4.21. The Kier molecular flexibility index (Phi) is 6.93. The molecule has 3 aromatic carbocycles. The van der Waals surface area contributed by atoms with Crippen LogP contribution in [-0.2, 0) is 14.8 Å². The lowest BCUT2D eigenvalue weighted by molar-refractivity contribution is -0.114. The smallest absolute Gasteiger partial charge is 0.264 e. The molecule has 1 amide bonds. The molecule has 0 aliphatic rings. The molecular weight excluding hydrogens is 467 g/mol. The molecule has 3 rings (SSSR count). The van der Waals surface area contributed by atoms with E-state index >= 15 is 0 Å². The summed E-state index contributed by atoms with van der Waals surface area (Å²) in [5.74, 6) is -0.543. The Bertz CT molecular complexity index is 1170. The van der Waals surface area contributed by atoms with Crippen LogP contribution in [0.4, 0.5) is 11.4 Å². The van der Waals surface area contributed by atoms with Gasteiger partial charge in [-0.1, -0.05) is 52.5 Å². The first kappa shape index (κ1) is 22.4. The van der Waals surface area contributed by atoms with Gasteiger partial charge in [-0.05, 0) is 61.5 Å². The van der Waals surface area contributed by atoms with Gasteiger partial charge in [0, 0.05) is 10.7 Å². The Labute approximate surface area is 190 Å². The second-order valence-corrected chi connectivity index (χ2v) is 9.59. The average molecular weight is 484 g/mol. The molecular formula is C21H17Cl3N2O3S. The normalized spacial score (nSPS) is 11.2. The standard InChI is InChI=1S/C21H17Cl3N2O3S/c1-14-2-9-18(10-3-14)30(28,29)26(17-7-4-15(22)5-8-17)13-21(27)25-16-6-11-19(23)20(24)12-16/h2-12H,13H2,1H3,(H,25,27). The van der Waals surface area contributed by atoms with Crippen molar-refractivity contribution in [1.82, 2.24) is 0 Å². The highest BCUT2D eigenvalue weighted by atomic mass is 35.5. The summed E-state index contributed by atoms with van der Waals surface area (Å²) in [5.41, 5.74) is 1.63. The van der Waals surface area contributed by atoms with E-state index in [4.69, 9.17) is 34.8 Å². The van der Waals surface area contributed by atoms with Crippen molar-refractivity contribution in [3.05, 3.63) is 87.4 Å². The van der Waals surface area contributed by atoms with E-state index in [9.17, 15) is 13.2 Å². The van der Waals surface area contributed by atoms with E-state index in [0.717, 1.165) is 9.87 Å². The zero-order valence-corrected chi connectivity index (χ0v) is 18.9. The van der Waals surface area contributed by atoms with Crippen LogP contribution in [0.2, 0.25) is 15.1 Å². The van der Waals surface area contributed by atoms with Crippen LogP contribution in [-0.4, -0.2) is 20.9 Å². The largest absolute Gasteiger partial charge is 0.324 e. The Morgan fingerprint density at radius 2 is 1.53 bits per heavy atom. The minimum absolute atomic E-state index is 0.0744. The van der Waals surface area contributed by atoms with Crippen molar-refractivity contribution >= 4 is 62.1 Å². The van der Waals surface area contributed by atoms with Crippen molar-refractivity contribution in [2.45, 2.75) is 11.8 Å². The summed E-state index contributed by atoms with van der Waals surface area (Å²) >= 11 is 17.8. The van der Waals surface area contributed by atoms with Gasteiger partial charge in [0.25, 0.3) is 10.0 Å². The van der Waals surface area contributed by atoms with Crippen LogP contribution in [0, 0.1) is 6.92 Å². The Morgan fingerprint density at radius 3 is 2.13 bits per heavy atom. The number of nitrogens with zero attached hydrogens (tertiary/aromatic N) is 1. The van der Waals surface area contributed by atoms with Gasteiger partial charge < -0.3 is 5.32 Å². The second kappa shape index (κ2) is 9.27. The quantitative estimate of drug-likeness (QED) is 0.482. The molecule has 156 valence electrons. The molecule has 0 aliphatic heterocycles. The third kappa shape index (κ3) is 5.26. The molecule has 0 unspecified atom stereocenters. The number of benzene rings is 3. The molecule has 0 saturated heterocycles. The topological polar surface area (TPSA) is 66.5 Å². The number of nitrogens with one attached hydrogen (secondary N) is 1. The number of sulfonamides is 1. The van der Waals surface area contributed by atoms with E-state index in [1.165, 1.54) is 18.2 Å². The van der Waals surface area contributed by atoms with Crippen LogP contribution in [0.3, 0.4) is 0 Å². The monoisotopic (exact) mass is 482 g/mol. The van der Waals surface area contributed by atoms with E-state index in [1.54, 1.807) is 48.5 Å². The van der Waals surface area contributed by atoms with Gasteiger partial charge in [-0.2, -0.15) is 0 Å². The number of carbonyl (C=O) groups excluding carboxylic acids is 1. The van der Waals surface area contributed by atoms with E-state index in [1.807, 2.05) is 6.92 Å². The second-order valence-electron chi connectivity index (χ2n) is 6.48. The van der Waals surface area contributed by atoms with Crippen LogP contribution in [0.15, 0.2) is 71.6 Å². The van der Waals surface area contributed by atoms with Crippen LogP contribution in [0.5, 0.6) is 0 Å². The predicted molar refractivity (Wildman–Crippen MR) is 122 cm³/mol. The maximum atomic E-state index is 13.3. The van der Waals surface area contributed by atoms with Crippen LogP contribution < -0.4 is 9.62 Å². The fourth-order valence-corrected chi connectivity index (χ4v) is 4.51. The molecule has 0 saturated carbocycles. The molecule has 30 heavy (non-hydrogen) atoms. The fourth-order valence-electron chi connectivity index (χ4n) is 2.66. The van der Waals surface area contributed by atoms with Gasteiger partial charge in [-0.3, -0.25) is 9.10 Å². The number of rotatable bonds is 6. The van der Waals surface area contributed by atoms with Crippen molar-refractivity contribution in [3.8, 4) is 0 Å². The molecule has 0 radical (unpaired) electrons. The van der Waals surface area contributed by atoms with Gasteiger partial charge in [-0.25, -0.2) is 8.42 Å². The molecule has 0 aromatic heterocycles. The summed E-state index contributed by atoms with van der Waals surface area (Å²) in [4.78, 5) is 12.7. The molecule has 0 spiro atoms. The highest BCUT2D eigenvalue weighted by Gasteiger charge is 2.27. The van der Waals surface area contributed by atoms with E-state index in [-0.39, 0.29) is 9.92 Å². The lowest BCUT2D eigenvalue weighted by Gasteiger charge is -2.24. The molecule has 0 fully saturated rings. The predicted octanol–water partition coefficient (Wildman–Crippen LogP) is 5.79. The fraction of sp³-hybridized carbons (Fsp3) is 0.0952. The number of halogens is 3. The van der Waals surface area contributed by atoms with Gasteiger partial charge in [-0.15, -0.1) is 0 Å². The number of anilines is 2. The van der Waals surface area contributed by atoms with Crippen molar-refractivity contribution < 1.29 is 13.2 Å². The minimum Gasteiger partial charge on any atom is -0.324 e. The average Bonchev–Trinajstić information content (AvgIpc) is 2.70. The van der Waals surface area contributed by atoms with Crippen molar-refractivity contribution in [2.75, 3.05) is 16.2 Å². The van der Waals surface area contributed by atoms with Gasteiger partial charge >= 0.3 is 0 Å². The molecule has 0 atom stereocenters. The van der Waals surface area contributed by atoms with Crippen LogP contribution >= 0.6 is 34.8 Å². The number of hydrogen-bond donors (Lipinski definition) is 1. The van der Waals surface area contributed by atoms with Crippen LogP contribution in [0.1, 0.15) is 5.56 Å². The summed E-state index contributed by atoms with van der Waals surface area (Å²) in [5, 5.41) is 3.71. The van der Waals surface area contributed by atoms with E-state index in [2.05, 4.69) is 5.32 Å². The maximum Gasteiger partial charge on any atom is 0.264 e. The Hall–Kier alpha value is -2.25. The van der Waals surface area contributed by atoms with Gasteiger partial charge in [0.1, 0.15) is 6.54 Å². The number of hydrogen-bond acceptors (Lipinski definition) is 3. The number of aryl methyl sites for hydroxylation is 1. The Morgan fingerprint density at radius 1 is 0.900 bits per heavy atom. The highest BCUT2D eigenvalue weighted by Crippen LogP contribution is 2.27. The summed E-state index contributed by atoms with van der Waals surface area (Å²) in [6.45, 7) is 1.41. The Balaban J connectivity index is 1.93. The zero-order chi connectivity index (χ0) is 21.9. The number of amides is 1. The van der Waals surface area contributed by atoms with Gasteiger partial charge in [0.2, 0.25) is 5.91 Å². The third-order valence-corrected chi connectivity index (χ3v) is 6.99. The minimum atomic E-state index is -4.00. The number of carbonyl (C=O) groups is 1. The highest BCUT2D eigenvalue weighted by molar-refractivity contribution is 7.92. The van der Waals surface area contributed by atoms with E-state index in [0.29, 0.717) is 21.4 Å². The molecule has 0 aliphatic carbocycles. The first-order chi connectivity index (χ1) is 14.2.